The highest BCUT2D eigenvalue weighted by molar-refractivity contribution is 9.10. The number of carbonyl (C=O) groups is 1. The molecule has 20 heavy (non-hydrogen) atoms. The Hall–Kier alpha value is -1.90. The molecule has 0 atom stereocenters. The van der Waals surface area contributed by atoms with Crippen molar-refractivity contribution in [2.75, 3.05) is 5.32 Å². The van der Waals surface area contributed by atoms with Crippen LogP contribution in [0.25, 0.3) is 6.08 Å². The van der Waals surface area contributed by atoms with E-state index in [0.29, 0.717) is 5.69 Å². The van der Waals surface area contributed by atoms with Gasteiger partial charge in [-0.25, -0.2) is 0 Å². The molecule has 1 aromatic carbocycles. The molecule has 0 spiro atoms. The van der Waals surface area contributed by atoms with Crippen LogP contribution in [-0.2, 0) is 4.79 Å². The van der Waals surface area contributed by atoms with Gasteiger partial charge in [-0.2, -0.15) is 5.26 Å². The van der Waals surface area contributed by atoms with E-state index in [1.54, 1.807) is 18.2 Å². The Kier molecular flexibility index (Phi) is 4.72. The van der Waals surface area contributed by atoms with E-state index >= 15 is 0 Å². The third-order valence-electron chi connectivity index (χ3n) is 2.64. The minimum atomic E-state index is -0.400. The molecular formula is C15H11BrN2OS. The molecule has 0 saturated heterocycles. The number of aryl methyl sites for hydroxylation is 1. The molecule has 0 aliphatic rings. The van der Waals surface area contributed by atoms with Crippen molar-refractivity contribution in [3.8, 4) is 6.07 Å². The summed E-state index contributed by atoms with van der Waals surface area (Å²) in [7, 11) is 0. The summed E-state index contributed by atoms with van der Waals surface area (Å²) in [5.74, 6) is -0.400. The molecule has 0 bridgehead atoms. The zero-order valence-corrected chi connectivity index (χ0v) is 13.1. The SMILES string of the molecule is Cc1ccsc1C=C(C#N)C(=O)Nc1ccc(Br)cc1. The molecule has 2 rings (SSSR count). The lowest BCUT2D eigenvalue weighted by atomic mass is 10.2. The number of halogens is 1. The van der Waals surface area contributed by atoms with Gasteiger partial charge >= 0.3 is 0 Å². The summed E-state index contributed by atoms with van der Waals surface area (Å²) in [6, 6.07) is 11.1. The first-order valence-corrected chi connectivity index (χ1v) is 7.50. The molecule has 0 unspecified atom stereocenters. The fourth-order valence-corrected chi connectivity index (χ4v) is 2.67. The standard InChI is InChI=1S/C15H11BrN2OS/c1-10-6-7-20-14(10)8-11(9-17)15(19)18-13-4-2-12(16)3-5-13/h2-8H,1H3,(H,18,19). The van der Waals surface area contributed by atoms with Gasteiger partial charge < -0.3 is 5.32 Å². The second kappa shape index (κ2) is 6.51. The number of hydrogen-bond donors (Lipinski definition) is 1. The first-order chi connectivity index (χ1) is 9.60. The summed E-state index contributed by atoms with van der Waals surface area (Å²) in [4.78, 5) is 13.0. The number of benzene rings is 1. The van der Waals surface area contributed by atoms with Crippen molar-refractivity contribution in [3.63, 3.8) is 0 Å². The maximum Gasteiger partial charge on any atom is 0.266 e. The number of amides is 1. The van der Waals surface area contributed by atoms with E-state index in [-0.39, 0.29) is 5.57 Å². The minimum Gasteiger partial charge on any atom is -0.321 e. The average Bonchev–Trinajstić information content (AvgIpc) is 2.84. The van der Waals surface area contributed by atoms with E-state index in [4.69, 9.17) is 5.26 Å². The third-order valence-corrected chi connectivity index (χ3v) is 4.14. The van der Waals surface area contributed by atoms with Crippen LogP contribution >= 0.6 is 27.3 Å². The molecule has 100 valence electrons. The number of hydrogen-bond acceptors (Lipinski definition) is 3. The number of nitrogens with one attached hydrogen (secondary N) is 1. The Labute approximate surface area is 129 Å². The van der Waals surface area contributed by atoms with Gasteiger partial charge in [0.25, 0.3) is 5.91 Å². The number of nitrogens with zero attached hydrogens (tertiary/aromatic N) is 1. The summed E-state index contributed by atoms with van der Waals surface area (Å²) in [5.41, 5.74) is 1.81. The van der Waals surface area contributed by atoms with Crippen LogP contribution in [0.4, 0.5) is 5.69 Å². The van der Waals surface area contributed by atoms with E-state index in [1.807, 2.05) is 36.6 Å². The summed E-state index contributed by atoms with van der Waals surface area (Å²) in [6.45, 7) is 1.95. The smallest absolute Gasteiger partial charge is 0.266 e. The fourth-order valence-electron chi connectivity index (χ4n) is 1.54. The van der Waals surface area contributed by atoms with Crippen LogP contribution in [-0.4, -0.2) is 5.91 Å². The van der Waals surface area contributed by atoms with Crippen molar-refractivity contribution in [2.45, 2.75) is 6.92 Å². The molecule has 2 aromatic rings. The molecule has 1 aromatic heterocycles. The molecule has 1 amide bonds. The first-order valence-electron chi connectivity index (χ1n) is 5.83. The van der Waals surface area contributed by atoms with Gasteiger partial charge in [0.1, 0.15) is 11.6 Å². The van der Waals surface area contributed by atoms with E-state index in [0.717, 1.165) is 14.9 Å². The number of carbonyl (C=O) groups excluding carboxylic acids is 1. The summed E-state index contributed by atoms with van der Waals surface area (Å²) in [5, 5.41) is 13.8. The first kappa shape index (κ1) is 14.5. The van der Waals surface area contributed by atoms with Gasteiger partial charge in [0.05, 0.1) is 0 Å². The zero-order chi connectivity index (χ0) is 14.5. The lowest BCUT2D eigenvalue weighted by Gasteiger charge is -2.04. The molecule has 5 heteroatoms. The lowest BCUT2D eigenvalue weighted by Crippen LogP contribution is -2.13. The molecule has 0 fully saturated rings. The van der Waals surface area contributed by atoms with Crippen LogP contribution in [0.2, 0.25) is 0 Å². The molecule has 0 saturated carbocycles. The maximum atomic E-state index is 12.1. The second-order valence-corrected chi connectivity index (χ2v) is 5.96. The Morgan fingerprint density at radius 2 is 2.05 bits per heavy atom. The van der Waals surface area contributed by atoms with Crippen molar-refractivity contribution in [1.29, 1.82) is 5.26 Å². The van der Waals surface area contributed by atoms with Crippen LogP contribution < -0.4 is 5.32 Å². The van der Waals surface area contributed by atoms with Crippen molar-refractivity contribution < 1.29 is 4.79 Å². The van der Waals surface area contributed by atoms with E-state index < -0.39 is 5.91 Å². The monoisotopic (exact) mass is 346 g/mol. The van der Waals surface area contributed by atoms with Crippen LogP contribution in [0.3, 0.4) is 0 Å². The summed E-state index contributed by atoms with van der Waals surface area (Å²) in [6.07, 6.45) is 1.62. The van der Waals surface area contributed by atoms with Crippen LogP contribution in [0.15, 0.2) is 45.8 Å². The molecular weight excluding hydrogens is 336 g/mol. The highest BCUT2D eigenvalue weighted by Gasteiger charge is 2.10. The zero-order valence-electron chi connectivity index (χ0n) is 10.7. The van der Waals surface area contributed by atoms with Crippen LogP contribution in [0, 0.1) is 18.3 Å². The summed E-state index contributed by atoms with van der Waals surface area (Å²) < 4.78 is 0.931. The van der Waals surface area contributed by atoms with Gasteiger partial charge in [-0.1, -0.05) is 15.9 Å². The third kappa shape index (κ3) is 3.56. The molecule has 0 radical (unpaired) electrons. The number of rotatable bonds is 3. The van der Waals surface area contributed by atoms with Crippen molar-refractivity contribution >= 4 is 44.9 Å². The Morgan fingerprint density at radius 3 is 2.60 bits per heavy atom. The normalized spacial score (nSPS) is 10.9. The minimum absolute atomic E-state index is 0.0958. The number of nitriles is 1. The van der Waals surface area contributed by atoms with Gasteiger partial charge in [0.2, 0.25) is 0 Å². The highest BCUT2D eigenvalue weighted by Crippen LogP contribution is 2.20. The topological polar surface area (TPSA) is 52.9 Å². The van der Waals surface area contributed by atoms with E-state index in [1.165, 1.54) is 11.3 Å². The van der Waals surface area contributed by atoms with Crippen molar-refractivity contribution in [2.24, 2.45) is 0 Å². The summed E-state index contributed by atoms with van der Waals surface area (Å²) >= 11 is 4.83. The second-order valence-electron chi connectivity index (χ2n) is 4.10. The number of anilines is 1. The Balaban J connectivity index is 2.18. The van der Waals surface area contributed by atoms with Crippen LogP contribution in [0.5, 0.6) is 0 Å². The molecule has 3 nitrogen and oxygen atoms in total. The van der Waals surface area contributed by atoms with Crippen molar-refractivity contribution in [3.05, 3.63) is 56.2 Å². The van der Waals surface area contributed by atoms with Crippen LogP contribution in [0.1, 0.15) is 10.4 Å². The largest absolute Gasteiger partial charge is 0.321 e. The average molecular weight is 347 g/mol. The lowest BCUT2D eigenvalue weighted by molar-refractivity contribution is -0.112. The van der Waals surface area contributed by atoms with Crippen molar-refractivity contribution in [1.82, 2.24) is 0 Å². The van der Waals surface area contributed by atoms with Gasteiger partial charge in [0.15, 0.2) is 0 Å². The molecule has 0 aliphatic carbocycles. The fraction of sp³-hybridized carbons (Fsp3) is 0.0667. The predicted octanol–water partition coefficient (Wildman–Crippen LogP) is 4.36. The molecule has 1 N–H and O–H groups in total. The highest BCUT2D eigenvalue weighted by atomic mass is 79.9. The Morgan fingerprint density at radius 1 is 1.35 bits per heavy atom. The van der Waals surface area contributed by atoms with E-state index in [9.17, 15) is 4.79 Å². The molecule has 1 heterocycles. The Bertz CT molecular complexity index is 695. The number of thiophene rings is 1. The van der Waals surface area contributed by atoms with Gasteiger partial charge in [-0.05, 0) is 54.3 Å². The predicted molar refractivity (Wildman–Crippen MR) is 85.4 cm³/mol. The quantitative estimate of drug-likeness (QED) is 0.662. The maximum absolute atomic E-state index is 12.1. The van der Waals surface area contributed by atoms with Gasteiger partial charge in [-0.15, -0.1) is 11.3 Å². The molecule has 0 aliphatic heterocycles. The van der Waals surface area contributed by atoms with Gasteiger partial charge in [0, 0.05) is 15.0 Å². The van der Waals surface area contributed by atoms with Gasteiger partial charge in [-0.3, -0.25) is 4.79 Å². The van der Waals surface area contributed by atoms with E-state index in [2.05, 4.69) is 21.2 Å².